The predicted molar refractivity (Wildman–Crippen MR) is 72.3 cm³/mol. The quantitative estimate of drug-likeness (QED) is 0.911. The molecule has 0 aliphatic rings. The van der Waals surface area contributed by atoms with Gasteiger partial charge in [0.1, 0.15) is 5.75 Å². The molecule has 0 bridgehead atoms. The van der Waals surface area contributed by atoms with Gasteiger partial charge in [-0.05, 0) is 31.5 Å². The van der Waals surface area contributed by atoms with E-state index >= 15 is 0 Å². The van der Waals surface area contributed by atoms with Crippen molar-refractivity contribution in [3.63, 3.8) is 0 Å². The molecular weight excluding hydrogens is 240 g/mol. The van der Waals surface area contributed by atoms with Crippen LogP contribution in [0, 0.1) is 25.2 Å². The lowest BCUT2D eigenvalue weighted by atomic mass is 10.1. The van der Waals surface area contributed by atoms with Gasteiger partial charge in [0, 0.05) is 18.8 Å². The molecule has 5 heteroatoms. The summed E-state index contributed by atoms with van der Waals surface area (Å²) in [7, 11) is 1.75. The molecule has 0 saturated carbocycles. The van der Waals surface area contributed by atoms with Crippen LogP contribution in [0.2, 0.25) is 0 Å². The number of benzene rings is 1. The molecule has 0 fully saturated rings. The molecule has 1 aromatic carbocycles. The fraction of sp³-hybridized carbons (Fsp3) is 0.214. The molecule has 96 valence electrons. The van der Waals surface area contributed by atoms with E-state index in [0.29, 0.717) is 23.1 Å². The van der Waals surface area contributed by atoms with Crippen LogP contribution in [0.15, 0.2) is 24.3 Å². The maximum atomic E-state index is 8.90. The molecule has 1 aromatic heterocycles. The largest absolute Gasteiger partial charge is 0.439 e. The van der Waals surface area contributed by atoms with Gasteiger partial charge in [0.15, 0.2) is 0 Å². The van der Waals surface area contributed by atoms with Gasteiger partial charge >= 0.3 is 0 Å². The van der Waals surface area contributed by atoms with Crippen molar-refractivity contribution in [3.05, 3.63) is 41.1 Å². The smallest absolute Gasteiger partial charge is 0.225 e. The van der Waals surface area contributed by atoms with Crippen molar-refractivity contribution in [1.29, 1.82) is 5.26 Å². The van der Waals surface area contributed by atoms with Crippen LogP contribution < -0.4 is 10.1 Å². The minimum Gasteiger partial charge on any atom is -0.439 e. The molecule has 5 nitrogen and oxygen atoms in total. The van der Waals surface area contributed by atoms with Crippen molar-refractivity contribution in [2.45, 2.75) is 13.8 Å². The maximum Gasteiger partial charge on any atom is 0.225 e. The van der Waals surface area contributed by atoms with Crippen LogP contribution >= 0.6 is 0 Å². The zero-order valence-electron chi connectivity index (χ0n) is 11.1. The van der Waals surface area contributed by atoms with Crippen molar-refractivity contribution < 1.29 is 4.74 Å². The van der Waals surface area contributed by atoms with E-state index in [4.69, 9.17) is 10.00 Å². The fourth-order valence-corrected chi connectivity index (χ4v) is 1.60. The van der Waals surface area contributed by atoms with E-state index in [1.807, 2.05) is 19.9 Å². The van der Waals surface area contributed by atoms with Crippen LogP contribution in [0.25, 0.3) is 0 Å². The monoisotopic (exact) mass is 254 g/mol. The maximum absolute atomic E-state index is 8.90. The number of rotatable bonds is 3. The number of hydrogen-bond acceptors (Lipinski definition) is 5. The van der Waals surface area contributed by atoms with Crippen molar-refractivity contribution in [2.75, 3.05) is 12.4 Å². The number of nitriles is 1. The summed E-state index contributed by atoms with van der Waals surface area (Å²) >= 11 is 0. The zero-order valence-corrected chi connectivity index (χ0v) is 11.1. The van der Waals surface area contributed by atoms with Crippen LogP contribution in [0.1, 0.15) is 16.8 Å². The second kappa shape index (κ2) is 5.36. The minimum absolute atomic E-state index is 0.454. The van der Waals surface area contributed by atoms with Gasteiger partial charge in [-0.1, -0.05) is 6.07 Å². The normalized spacial score (nSPS) is 9.79. The molecule has 1 N–H and O–H groups in total. The standard InChI is InChI=1S/C14H14N4O/c1-9-4-5-11(8-15)7-12(9)19-13-6-10(2)17-14(16-3)18-13/h4-7H,1-3H3,(H,16,17,18). The summed E-state index contributed by atoms with van der Waals surface area (Å²) in [5.41, 5.74) is 2.31. The summed E-state index contributed by atoms with van der Waals surface area (Å²) in [5, 5.41) is 11.8. The van der Waals surface area contributed by atoms with Crippen LogP contribution in [-0.4, -0.2) is 17.0 Å². The van der Waals surface area contributed by atoms with Gasteiger partial charge in [-0.25, -0.2) is 4.98 Å². The molecule has 2 aromatic rings. The Balaban J connectivity index is 2.36. The summed E-state index contributed by atoms with van der Waals surface area (Å²) < 4.78 is 5.73. The number of hydrogen-bond donors (Lipinski definition) is 1. The van der Waals surface area contributed by atoms with Crippen molar-refractivity contribution in [2.24, 2.45) is 0 Å². The lowest BCUT2D eigenvalue weighted by Gasteiger charge is -2.09. The van der Waals surface area contributed by atoms with Crippen LogP contribution in [0.5, 0.6) is 11.6 Å². The molecule has 0 unspecified atom stereocenters. The van der Waals surface area contributed by atoms with E-state index in [1.165, 1.54) is 0 Å². The Morgan fingerprint density at radius 1 is 1.21 bits per heavy atom. The summed E-state index contributed by atoms with van der Waals surface area (Å²) in [6.45, 7) is 3.79. The van der Waals surface area contributed by atoms with E-state index < -0.39 is 0 Å². The lowest BCUT2D eigenvalue weighted by molar-refractivity contribution is 0.458. The summed E-state index contributed by atoms with van der Waals surface area (Å²) in [6.07, 6.45) is 0. The Kier molecular flexibility index (Phi) is 3.62. The van der Waals surface area contributed by atoms with Gasteiger partial charge < -0.3 is 10.1 Å². The molecule has 0 saturated heterocycles. The molecular formula is C14H14N4O. The number of ether oxygens (including phenoxy) is 1. The summed E-state index contributed by atoms with van der Waals surface area (Å²) in [5.74, 6) is 1.58. The van der Waals surface area contributed by atoms with E-state index in [2.05, 4.69) is 21.4 Å². The second-order valence-corrected chi connectivity index (χ2v) is 4.12. The van der Waals surface area contributed by atoms with Gasteiger partial charge in [-0.3, -0.25) is 0 Å². The summed E-state index contributed by atoms with van der Waals surface area (Å²) in [4.78, 5) is 8.41. The fourth-order valence-electron chi connectivity index (χ4n) is 1.60. The van der Waals surface area contributed by atoms with Gasteiger partial charge in [-0.2, -0.15) is 10.2 Å². The first-order valence-electron chi connectivity index (χ1n) is 5.84. The van der Waals surface area contributed by atoms with Gasteiger partial charge in [0.2, 0.25) is 11.8 Å². The highest BCUT2D eigenvalue weighted by molar-refractivity contribution is 5.43. The second-order valence-electron chi connectivity index (χ2n) is 4.12. The Morgan fingerprint density at radius 3 is 2.68 bits per heavy atom. The molecule has 0 amide bonds. The highest BCUT2D eigenvalue weighted by Gasteiger charge is 2.06. The van der Waals surface area contributed by atoms with Crippen molar-refractivity contribution in [3.8, 4) is 17.7 Å². The zero-order chi connectivity index (χ0) is 13.8. The Bertz CT molecular complexity index is 646. The minimum atomic E-state index is 0.454. The average Bonchev–Trinajstić information content (AvgIpc) is 2.40. The highest BCUT2D eigenvalue weighted by atomic mass is 16.5. The number of nitrogens with zero attached hydrogens (tertiary/aromatic N) is 3. The highest BCUT2D eigenvalue weighted by Crippen LogP contribution is 2.25. The third kappa shape index (κ3) is 2.99. The molecule has 19 heavy (non-hydrogen) atoms. The van der Waals surface area contributed by atoms with E-state index in [-0.39, 0.29) is 0 Å². The van der Waals surface area contributed by atoms with E-state index in [1.54, 1.807) is 25.2 Å². The van der Waals surface area contributed by atoms with Gasteiger partial charge in [0.05, 0.1) is 11.6 Å². The molecule has 1 heterocycles. The number of anilines is 1. The first kappa shape index (κ1) is 12.8. The third-order valence-electron chi connectivity index (χ3n) is 2.59. The Morgan fingerprint density at radius 2 is 2.00 bits per heavy atom. The van der Waals surface area contributed by atoms with Crippen molar-refractivity contribution >= 4 is 5.95 Å². The van der Waals surface area contributed by atoms with E-state index in [9.17, 15) is 0 Å². The van der Waals surface area contributed by atoms with Gasteiger partial charge in [-0.15, -0.1) is 0 Å². The average molecular weight is 254 g/mol. The molecule has 2 rings (SSSR count). The predicted octanol–water partition coefficient (Wildman–Crippen LogP) is 2.80. The molecule has 0 spiro atoms. The molecule has 0 atom stereocenters. The summed E-state index contributed by atoms with van der Waals surface area (Å²) in [6, 6.07) is 9.14. The Hall–Kier alpha value is -2.61. The van der Waals surface area contributed by atoms with Crippen LogP contribution in [-0.2, 0) is 0 Å². The topological polar surface area (TPSA) is 70.8 Å². The Labute approximate surface area is 111 Å². The van der Waals surface area contributed by atoms with E-state index in [0.717, 1.165) is 11.3 Å². The van der Waals surface area contributed by atoms with Gasteiger partial charge in [0.25, 0.3) is 0 Å². The number of aromatic nitrogens is 2. The number of nitrogens with one attached hydrogen (secondary N) is 1. The first-order valence-corrected chi connectivity index (χ1v) is 5.84. The first-order chi connectivity index (χ1) is 9.12. The third-order valence-corrected chi connectivity index (χ3v) is 2.59. The van der Waals surface area contributed by atoms with Crippen LogP contribution in [0.3, 0.4) is 0 Å². The molecule has 0 aliphatic heterocycles. The SMILES string of the molecule is CNc1nc(C)cc(Oc2cc(C#N)ccc2C)n1. The lowest BCUT2D eigenvalue weighted by Crippen LogP contribution is -2.00. The number of aryl methyl sites for hydroxylation is 2. The molecule has 0 radical (unpaired) electrons. The molecule has 0 aliphatic carbocycles. The van der Waals surface area contributed by atoms with Crippen molar-refractivity contribution in [1.82, 2.24) is 9.97 Å². The van der Waals surface area contributed by atoms with Crippen LogP contribution in [0.4, 0.5) is 5.95 Å².